The van der Waals surface area contributed by atoms with Crippen molar-refractivity contribution in [1.29, 1.82) is 0 Å². The minimum absolute atomic E-state index is 0.330. The minimum atomic E-state index is -0.330. The van der Waals surface area contributed by atoms with Crippen molar-refractivity contribution >= 4 is 41.3 Å². The molecule has 2 heterocycles. The summed E-state index contributed by atoms with van der Waals surface area (Å²) >= 11 is 7.40. The average molecular weight is 397 g/mol. The second-order valence-electron chi connectivity index (χ2n) is 5.71. The van der Waals surface area contributed by atoms with Crippen LogP contribution in [0.2, 0.25) is 5.02 Å². The molecule has 0 aliphatic heterocycles. The van der Waals surface area contributed by atoms with Gasteiger partial charge < -0.3 is 0 Å². The summed E-state index contributed by atoms with van der Waals surface area (Å²) in [6.07, 6.45) is 5.65. The maximum atomic E-state index is 13.9. The third-order valence-corrected chi connectivity index (χ3v) is 5.12. The van der Waals surface area contributed by atoms with Crippen molar-refractivity contribution in [2.24, 2.45) is 0 Å². The van der Waals surface area contributed by atoms with E-state index in [0.29, 0.717) is 27.3 Å². The van der Waals surface area contributed by atoms with Crippen LogP contribution in [-0.2, 0) is 5.75 Å². The third-order valence-electron chi connectivity index (χ3n) is 3.90. The Morgan fingerprint density at radius 2 is 1.89 bits per heavy atom. The lowest BCUT2D eigenvalue weighted by Gasteiger charge is -2.03. The Morgan fingerprint density at radius 1 is 1.04 bits per heavy atom. The Balaban J connectivity index is 1.58. The molecule has 0 bridgehead atoms. The van der Waals surface area contributed by atoms with Crippen LogP contribution in [0, 0.1) is 5.82 Å². The first-order valence-corrected chi connectivity index (χ1v) is 9.58. The van der Waals surface area contributed by atoms with Gasteiger partial charge in [-0.05, 0) is 29.8 Å². The van der Waals surface area contributed by atoms with Gasteiger partial charge in [-0.15, -0.1) is 5.10 Å². The topological polar surface area (TPSA) is 43.1 Å². The van der Waals surface area contributed by atoms with Gasteiger partial charge >= 0.3 is 0 Å². The zero-order valence-corrected chi connectivity index (χ0v) is 15.7. The van der Waals surface area contributed by atoms with Crippen molar-refractivity contribution in [3.8, 4) is 0 Å². The van der Waals surface area contributed by atoms with Crippen molar-refractivity contribution < 1.29 is 4.39 Å². The zero-order valence-electron chi connectivity index (χ0n) is 14.1. The second kappa shape index (κ2) is 7.90. The highest BCUT2D eigenvalue weighted by atomic mass is 35.5. The summed E-state index contributed by atoms with van der Waals surface area (Å²) in [5.74, 6) is 0.508. The van der Waals surface area contributed by atoms with E-state index in [0.717, 1.165) is 11.3 Å². The van der Waals surface area contributed by atoms with Crippen LogP contribution in [0.15, 0.2) is 66.0 Å². The van der Waals surface area contributed by atoms with Gasteiger partial charge in [0.2, 0.25) is 5.16 Å². The monoisotopic (exact) mass is 396 g/mol. The molecule has 4 nitrogen and oxygen atoms in total. The highest BCUT2D eigenvalue weighted by Crippen LogP contribution is 2.27. The van der Waals surface area contributed by atoms with E-state index in [1.807, 2.05) is 48.6 Å². The van der Waals surface area contributed by atoms with E-state index in [9.17, 15) is 4.39 Å². The zero-order chi connectivity index (χ0) is 18.6. The Morgan fingerprint density at radius 3 is 2.70 bits per heavy atom. The molecule has 0 fully saturated rings. The van der Waals surface area contributed by atoms with Gasteiger partial charge in [0.15, 0.2) is 0 Å². The third kappa shape index (κ3) is 4.02. The van der Waals surface area contributed by atoms with Gasteiger partial charge in [0, 0.05) is 22.5 Å². The number of hydrogen-bond acceptors (Lipinski definition) is 4. The summed E-state index contributed by atoms with van der Waals surface area (Å²) in [6, 6.07) is 16.5. The summed E-state index contributed by atoms with van der Waals surface area (Å²) in [5.41, 5.74) is 2.39. The lowest BCUT2D eigenvalue weighted by atomic mass is 10.2. The number of thioether (sulfide) groups is 1. The molecule has 0 atom stereocenters. The van der Waals surface area contributed by atoms with Crippen LogP contribution < -0.4 is 0 Å². The number of halogens is 2. The molecular formula is C20H14ClFN4S. The van der Waals surface area contributed by atoms with Crippen LogP contribution in [-0.4, -0.2) is 19.6 Å². The van der Waals surface area contributed by atoms with Crippen LogP contribution in [0.1, 0.15) is 16.8 Å². The van der Waals surface area contributed by atoms with Gasteiger partial charge in [0.1, 0.15) is 5.82 Å². The number of fused-ring (bicyclic) bond motifs is 1. The predicted octanol–water partition coefficient (Wildman–Crippen LogP) is 5.38. The predicted molar refractivity (Wildman–Crippen MR) is 107 cm³/mol. The van der Waals surface area contributed by atoms with Crippen molar-refractivity contribution in [2.45, 2.75) is 10.9 Å². The Labute approximate surface area is 164 Å². The normalized spacial score (nSPS) is 11.5. The van der Waals surface area contributed by atoms with Crippen LogP contribution in [0.25, 0.3) is 17.9 Å². The van der Waals surface area contributed by atoms with Gasteiger partial charge in [0.25, 0.3) is 5.78 Å². The first kappa shape index (κ1) is 17.7. The molecule has 0 N–H and O–H groups in total. The maximum absolute atomic E-state index is 13.9. The van der Waals surface area contributed by atoms with Crippen LogP contribution in [0.5, 0.6) is 0 Å². The molecule has 0 unspecified atom stereocenters. The lowest BCUT2D eigenvalue weighted by molar-refractivity contribution is 0.617. The molecule has 0 aliphatic rings. The van der Waals surface area contributed by atoms with E-state index < -0.39 is 0 Å². The summed E-state index contributed by atoms with van der Waals surface area (Å²) in [4.78, 5) is 8.66. The van der Waals surface area contributed by atoms with Crippen LogP contribution in [0.3, 0.4) is 0 Å². The Bertz CT molecular complexity index is 1090. The van der Waals surface area contributed by atoms with Crippen molar-refractivity contribution in [3.63, 3.8) is 0 Å². The van der Waals surface area contributed by atoms with E-state index in [1.54, 1.807) is 22.8 Å². The Hall–Kier alpha value is -2.70. The first-order valence-electron chi connectivity index (χ1n) is 8.21. The molecule has 4 rings (SSSR count). The average Bonchev–Trinajstić information content (AvgIpc) is 3.10. The summed E-state index contributed by atoms with van der Waals surface area (Å²) < 4.78 is 15.6. The van der Waals surface area contributed by atoms with Gasteiger partial charge in [-0.2, -0.15) is 9.50 Å². The number of hydrogen-bond donors (Lipinski definition) is 0. The number of rotatable bonds is 5. The molecule has 0 aliphatic carbocycles. The summed E-state index contributed by atoms with van der Waals surface area (Å²) in [6.45, 7) is 0. The van der Waals surface area contributed by atoms with E-state index in [4.69, 9.17) is 11.6 Å². The fraction of sp³-hybridized carbons (Fsp3) is 0.0500. The standard InChI is InChI=1S/C20H14ClFN4S/c21-17-7-4-8-18(22)16(17)13-27-20-24-19-23-12-11-15(26(19)25-20)10-9-14-5-2-1-3-6-14/h1-12H,13H2/b10-9-. The SMILES string of the molecule is Fc1cccc(Cl)c1CSc1nc2nccc(/C=C\c3ccccc3)n2n1. The lowest BCUT2D eigenvalue weighted by Crippen LogP contribution is -1.95. The molecule has 0 saturated heterocycles. The van der Waals surface area contributed by atoms with Gasteiger partial charge in [-0.1, -0.05) is 65.8 Å². The molecule has 134 valence electrons. The van der Waals surface area contributed by atoms with E-state index in [-0.39, 0.29) is 5.82 Å². The molecule has 2 aromatic heterocycles. The van der Waals surface area contributed by atoms with E-state index in [1.165, 1.54) is 17.8 Å². The molecule has 0 spiro atoms. The number of nitrogens with zero attached hydrogens (tertiary/aromatic N) is 4. The van der Waals surface area contributed by atoms with Crippen molar-refractivity contribution in [2.75, 3.05) is 0 Å². The van der Waals surface area contributed by atoms with E-state index >= 15 is 0 Å². The molecule has 0 radical (unpaired) electrons. The molecule has 7 heteroatoms. The molecule has 2 aromatic carbocycles. The van der Waals surface area contributed by atoms with Crippen molar-refractivity contribution in [1.82, 2.24) is 19.6 Å². The van der Waals surface area contributed by atoms with Crippen molar-refractivity contribution in [3.05, 3.63) is 88.5 Å². The molecule has 0 saturated carbocycles. The number of aromatic nitrogens is 4. The highest BCUT2D eigenvalue weighted by Gasteiger charge is 2.11. The van der Waals surface area contributed by atoms with Crippen LogP contribution in [0.4, 0.5) is 4.39 Å². The number of benzene rings is 2. The first-order chi connectivity index (χ1) is 13.2. The molecule has 4 aromatic rings. The maximum Gasteiger partial charge on any atom is 0.253 e. The van der Waals surface area contributed by atoms with Gasteiger partial charge in [0.05, 0.1) is 5.69 Å². The summed E-state index contributed by atoms with van der Waals surface area (Å²) in [7, 11) is 0. The fourth-order valence-corrected chi connectivity index (χ4v) is 3.69. The highest BCUT2D eigenvalue weighted by molar-refractivity contribution is 7.98. The molecule has 27 heavy (non-hydrogen) atoms. The summed E-state index contributed by atoms with van der Waals surface area (Å²) in [5, 5.41) is 5.40. The Kier molecular flexibility index (Phi) is 5.18. The smallest absolute Gasteiger partial charge is 0.220 e. The quantitative estimate of drug-likeness (QED) is 0.425. The largest absolute Gasteiger partial charge is 0.253 e. The van der Waals surface area contributed by atoms with Crippen LogP contribution >= 0.6 is 23.4 Å². The fourth-order valence-electron chi connectivity index (χ4n) is 2.53. The second-order valence-corrected chi connectivity index (χ2v) is 7.06. The van der Waals surface area contributed by atoms with Gasteiger partial charge in [-0.25, -0.2) is 9.37 Å². The van der Waals surface area contributed by atoms with Gasteiger partial charge in [-0.3, -0.25) is 0 Å². The van der Waals surface area contributed by atoms with E-state index in [2.05, 4.69) is 15.1 Å². The molecule has 0 amide bonds. The minimum Gasteiger partial charge on any atom is -0.220 e. The molecular weight excluding hydrogens is 383 g/mol.